The zero-order chi connectivity index (χ0) is 22.7. The topological polar surface area (TPSA) is 98.5 Å². The van der Waals surface area contributed by atoms with E-state index in [1.54, 1.807) is 40.5 Å². The number of hydrogen-bond donors (Lipinski definition) is 1. The zero-order valence-electron chi connectivity index (χ0n) is 17.9. The van der Waals surface area contributed by atoms with Gasteiger partial charge in [-0.05, 0) is 61.9 Å². The van der Waals surface area contributed by atoms with E-state index in [0.29, 0.717) is 17.2 Å². The Morgan fingerprint density at radius 3 is 2.47 bits per heavy atom. The third-order valence-electron chi connectivity index (χ3n) is 4.88. The van der Waals surface area contributed by atoms with Crippen molar-refractivity contribution >= 4 is 33.3 Å². The number of rotatable bonds is 8. The van der Waals surface area contributed by atoms with E-state index in [-0.39, 0.29) is 4.90 Å². The highest BCUT2D eigenvalue weighted by Gasteiger charge is 2.17. The highest BCUT2D eigenvalue weighted by molar-refractivity contribution is 7.99. The molecular weight excluding hydrogens is 446 g/mol. The van der Waals surface area contributed by atoms with E-state index in [2.05, 4.69) is 26.7 Å². The summed E-state index contributed by atoms with van der Waals surface area (Å²) >= 11 is 1.56. The van der Waals surface area contributed by atoms with Gasteiger partial charge in [0.1, 0.15) is 17.1 Å². The van der Waals surface area contributed by atoms with Crippen molar-refractivity contribution in [3.05, 3.63) is 66.1 Å². The molecule has 4 rings (SSSR count). The van der Waals surface area contributed by atoms with Gasteiger partial charge in [0.05, 0.1) is 12.0 Å². The molecule has 10 heteroatoms. The molecule has 0 saturated carbocycles. The quantitative estimate of drug-likeness (QED) is 0.383. The van der Waals surface area contributed by atoms with Crippen molar-refractivity contribution in [3.8, 4) is 5.75 Å². The first-order valence-corrected chi connectivity index (χ1v) is 12.3. The Morgan fingerprint density at radius 1 is 1.09 bits per heavy atom. The van der Waals surface area contributed by atoms with Crippen molar-refractivity contribution in [1.29, 1.82) is 0 Å². The summed E-state index contributed by atoms with van der Waals surface area (Å²) in [7, 11) is -2.16. The van der Waals surface area contributed by atoms with Gasteiger partial charge in [0.15, 0.2) is 0 Å². The summed E-state index contributed by atoms with van der Waals surface area (Å²) < 4.78 is 34.8. The number of nitrogens with one attached hydrogen (secondary N) is 1. The predicted octanol–water partition coefficient (Wildman–Crippen LogP) is 4.35. The molecule has 32 heavy (non-hydrogen) atoms. The average molecular weight is 470 g/mol. The smallest absolute Gasteiger partial charge is 0.261 e. The Balaban J connectivity index is 1.57. The summed E-state index contributed by atoms with van der Waals surface area (Å²) in [5.74, 6) is 1.16. The molecule has 0 fully saturated rings. The van der Waals surface area contributed by atoms with Crippen LogP contribution in [0.15, 0.2) is 69.7 Å². The van der Waals surface area contributed by atoms with E-state index in [1.807, 2.05) is 19.1 Å². The minimum Gasteiger partial charge on any atom is -0.497 e. The van der Waals surface area contributed by atoms with Crippen molar-refractivity contribution in [1.82, 2.24) is 19.6 Å². The fourth-order valence-corrected chi connectivity index (χ4v) is 5.41. The molecule has 1 N–H and O–H groups in total. The maximum Gasteiger partial charge on any atom is 0.261 e. The largest absolute Gasteiger partial charge is 0.497 e. The molecule has 0 aliphatic carbocycles. The molecule has 0 amide bonds. The molecule has 4 aromatic rings. The number of ether oxygens (including phenoxy) is 1. The SMILES string of the molecule is CCCc1c(C)nc2ncnn2c1Sc1ccc(NS(=O)(=O)c2ccc(OC)cc2)cc1. The molecular formula is C22H23N5O3S2. The molecule has 2 heterocycles. The molecule has 0 radical (unpaired) electrons. The van der Waals surface area contributed by atoms with Crippen LogP contribution < -0.4 is 9.46 Å². The van der Waals surface area contributed by atoms with Gasteiger partial charge in [-0.25, -0.2) is 13.4 Å². The van der Waals surface area contributed by atoms with E-state index in [9.17, 15) is 8.42 Å². The third-order valence-corrected chi connectivity index (χ3v) is 7.39. The standard InChI is InChI=1S/C22H23N5O3S2/c1-4-5-20-15(2)25-22-23-14-24-27(22)21(20)31-18-10-6-16(7-11-18)26-32(28,29)19-12-8-17(30-3)9-13-19/h6-14,26H,4-5H2,1-3H3. The van der Waals surface area contributed by atoms with Crippen LogP contribution in [0.1, 0.15) is 24.6 Å². The van der Waals surface area contributed by atoms with Gasteiger partial charge in [-0.1, -0.05) is 25.1 Å². The lowest BCUT2D eigenvalue weighted by Crippen LogP contribution is -2.12. The van der Waals surface area contributed by atoms with Crippen molar-refractivity contribution in [3.63, 3.8) is 0 Å². The van der Waals surface area contributed by atoms with Gasteiger partial charge in [0.2, 0.25) is 0 Å². The lowest BCUT2D eigenvalue weighted by atomic mass is 10.1. The molecule has 0 unspecified atom stereocenters. The number of fused-ring (bicyclic) bond motifs is 1. The normalized spacial score (nSPS) is 11.6. The zero-order valence-corrected chi connectivity index (χ0v) is 19.6. The van der Waals surface area contributed by atoms with Crippen molar-refractivity contribution in [2.75, 3.05) is 11.8 Å². The second-order valence-electron chi connectivity index (χ2n) is 7.11. The predicted molar refractivity (Wildman–Crippen MR) is 124 cm³/mol. The minimum absolute atomic E-state index is 0.168. The van der Waals surface area contributed by atoms with Gasteiger partial charge in [0.25, 0.3) is 15.8 Å². The number of nitrogens with zero attached hydrogens (tertiary/aromatic N) is 4. The Morgan fingerprint density at radius 2 is 1.81 bits per heavy atom. The second kappa shape index (κ2) is 9.17. The first-order chi connectivity index (χ1) is 15.4. The van der Waals surface area contributed by atoms with Crippen LogP contribution in [0.2, 0.25) is 0 Å². The number of aromatic nitrogens is 4. The van der Waals surface area contributed by atoms with Gasteiger partial charge in [-0.2, -0.15) is 14.6 Å². The lowest BCUT2D eigenvalue weighted by molar-refractivity contribution is 0.414. The number of methoxy groups -OCH3 is 1. The molecule has 0 aliphatic rings. The van der Waals surface area contributed by atoms with E-state index in [4.69, 9.17) is 4.74 Å². The molecule has 0 bridgehead atoms. The summed E-state index contributed by atoms with van der Waals surface area (Å²) in [5, 5.41) is 5.30. The van der Waals surface area contributed by atoms with Crippen LogP contribution in [0.3, 0.4) is 0 Å². The third kappa shape index (κ3) is 4.56. The summed E-state index contributed by atoms with van der Waals surface area (Å²) in [6.07, 6.45) is 3.37. The van der Waals surface area contributed by atoms with Crippen molar-refractivity contribution in [2.24, 2.45) is 0 Å². The average Bonchev–Trinajstić information content (AvgIpc) is 3.25. The number of hydrogen-bond acceptors (Lipinski definition) is 7. The summed E-state index contributed by atoms with van der Waals surface area (Å²) in [6.45, 7) is 4.12. The van der Waals surface area contributed by atoms with E-state index < -0.39 is 10.0 Å². The maximum atomic E-state index is 12.7. The molecule has 0 atom stereocenters. The molecule has 166 valence electrons. The highest BCUT2D eigenvalue weighted by Crippen LogP contribution is 2.33. The van der Waals surface area contributed by atoms with Crippen LogP contribution in [0, 0.1) is 6.92 Å². The van der Waals surface area contributed by atoms with Gasteiger partial charge < -0.3 is 4.74 Å². The van der Waals surface area contributed by atoms with E-state index >= 15 is 0 Å². The van der Waals surface area contributed by atoms with Crippen LogP contribution in [0.4, 0.5) is 5.69 Å². The van der Waals surface area contributed by atoms with Gasteiger partial charge >= 0.3 is 0 Å². The van der Waals surface area contributed by atoms with Crippen LogP contribution in [-0.2, 0) is 16.4 Å². The summed E-state index contributed by atoms with van der Waals surface area (Å²) in [5.41, 5.74) is 2.56. The lowest BCUT2D eigenvalue weighted by Gasteiger charge is -2.13. The van der Waals surface area contributed by atoms with Gasteiger partial charge in [-0.15, -0.1) is 0 Å². The van der Waals surface area contributed by atoms with Crippen LogP contribution in [0.5, 0.6) is 5.75 Å². The minimum atomic E-state index is -3.69. The number of sulfonamides is 1. The monoisotopic (exact) mass is 469 g/mol. The van der Waals surface area contributed by atoms with Crippen LogP contribution in [-0.4, -0.2) is 35.1 Å². The fourth-order valence-electron chi connectivity index (χ4n) is 3.27. The molecule has 0 spiro atoms. The molecule has 0 saturated heterocycles. The number of anilines is 1. The Hall–Kier alpha value is -3.11. The van der Waals surface area contributed by atoms with Crippen molar-refractivity contribution in [2.45, 2.75) is 41.5 Å². The van der Waals surface area contributed by atoms with Crippen molar-refractivity contribution < 1.29 is 13.2 Å². The molecule has 2 aromatic carbocycles. The number of aryl methyl sites for hydroxylation is 1. The Bertz CT molecular complexity index is 1330. The molecule has 0 aliphatic heterocycles. The molecule has 8 nitrogen and oxygen atoms in total. The van der Waals surface area contributed by atoms with Gasteiger partial charge in [-0.3, -0.25) is 4.72 Å². The second-order valence-corrected chi connectivity index (χ2v) is 9.85. The van der Waals surface area contributed by atoms with Gasteiger partial charge in [0, 0.05) is 21.8 Å². The fraction of sp³-hybridized carbons (Fsp3) is 0.227. The Kier molecular flexibility index (Phi) is 6.33. The summed E-state index contributed by atoms with van der Waals surface area (Å²) in [4.78, 5) is 9.89. The first kappa shape index (κ1) is 22.1. The first-order valence-electron chi connectivity index (χ1n) is 10.1. The molecule has 2 aromatic heterocycles. The number of benzene rings is 2. The summed E-state index contributed by atoms with van der Waals surface area (Å²) in [6, 6.07) is 13.5. The van der Waals surface area contributed by atoms with Crippen LogP contribution >= 0.6 is 11.8 Å². The maximum absolute atomic E-state index is 12.7. The Labute approximate surface area is 191 Å². The van der Waals surface area contributed by atoms with E-state index in [0.717, 1.165) is 34.0 Å². The van der Waals surface area contributed by atoms with Crippen LogP contribution in [0.25, 0.3) is 5.78 Å². The van der Waals surface area contributed by atoms with E-state index in [1.165, 1.54) is 25.6 Å². The highest BCUT2D eigenvalue weighted by atomic mass is 32.2.